The minimum absolute atomic E-state index is 0.843. The number of aryl methyl sites for hydroxylation is 1. The van der Waals surface area contributed by atoms with Crippen LogP contribution in [0.1, 0.15) is 61.8 Å². The van der Waals surface area contributed by atoms with Crippen molar-refractivity contribution in [3.05, 3.63) is 59.4 Å². The lowest BCUT2D eigenvalue weighted by molar-refractivity contribution is 0.220. The third-order valence-electron chi connectivity index (χ3n) is 7.78. The first-order valence-corrected chi connectivity index (χ1v) is 12.0. The lowest BCUT2D eigenvalue weighted by atomic mass is 9.76. The third-order valence-corrected chi connectivity index (χ3v) is 7.78. The van der Waals surface area contributed by atoms with Gasteiger partial charge < -0.3 is 9.47 Å². The van der Waals surface area contributed by atoms with Crippen molar-refractivity contribution in [2.45, 2.75) is 65.3 Å². The topological polar surface area (TPSA) is 21.1 Å². The Morgan fingerprint density at radius 3 is 2.47 bits per heavy atom. The van der Waals surface area contributed by atoms with Crippen LogP contribution in [0.15, 0.2) is 42.6 Å². The Morgan fingerprint density at radius 2 is 1.67 bits per heavy atom. The average Bonchev–Trinajstić information content (AvgIpc) is 3.05. The maximum atomic E-state index is 4.97. The molecule has 3 heterocycles. The van der Waals surface area contributed by atoms with Gasteiger partial charge in [0.05, 0.1) is 5.52 Å². The molecule has 158 valence electrons. The maximum Gasteiger partial charge on any atom is 0.153 e. The van der Waals surface area contributed by atoms with E-state index in [1.807, 2.05) is 6.20 Å². The zero-order valence-electron chi connectivity index (χ0n) is 18.6. The minimum atomic E-state index is 0.843. The van der Waals surface area contributed by atoms with Crippen molar-refractivity contribution in [1.82, 2.24) is 9.55 Å². The number of benzene rings is 1. The molecule has 2 aromatic heterocycles. The molecule has 3 nitrogen and oxygen atoms in total. The van der Waals surface area contributed by atoms with Gasteiger partial charge in [-0.05, 0) is 55.7 Å². The number of piperidine rings is 1. The van der Waals surface area contributed by atoms with E-state index >= 15 is 0 Å². The maximum absolute atomic E-state index is 4.97. The molecular weight excluding hydrogens is 366 g/mol. The second-order valence-corrected chi connectivity index (χ2v) is 9.56. The number of aromatic nitrogens is 2. The highest BCUT2D eigenvalue weighted by Gasteiger charge is 2.30. The number of hydrogen-bond donors (Lipinski definition) is 0. The predicted molar refractivity (Wildman–Crippen MR) is 126 cm³/mol. The molecule has 1 aliphatic carbocycles. The van der Waals surface area contributed by atoms with Gasteiger partial charge in [-0.3, -0.25) is 0 Å². The summed E-state index contributed by atoms with van der Waals surface area (Å²) in [6.07, 6.45) is 11.9. The molecule has 3 aromatic rings. The molecule has 2 fully saturated rings. The van der Waals surface area contributed by atoms with Crippen LogP contribution in [-0.2, 0) is 6.54 Å². The van der Waals surface area contributed by atoms with Crippen molar-refractivity contribution in [2.75, 3.05) is 18.0 Å². The van der Waals surface area contributed by atoms with Crippen LogP contribution in [0.2, 0.25) is 0 Å². The molecule has 0 amide bonds. The molecule has 1 saturated carbocycles. The van der Waals surface area contributed by atoms with E-state index in [1.54, 1.807) is 0 Å². The standard InChI is InChI=1S/C27H35N3/c1-20-21(2)30(18-22-10-5-3-6-11-22)26-25(20)15-16-28-27(26)29-17-9-14-24(19-29)23-12-7-4-8-13-23/h3,5-6,10-11,15-16,23-24H,4,7-9,12-14,17-19H2,1-2H3. The number of nitrogens with zero attached hydrogens (tertiary/aromatic N) is 3. The van der Waals surface area contributed by atoms with Crippen LogP contribution in [0.4, 0.5) is 5.82 Å². The molecule has 30 heavy (non-hydrogen) atoms. The fraction of sp³-hybridized carbons (Fsp3) is 0.519. The van der Waals surface area contributed by atoms with Crippen molar-refractivity contribution in [1.29, 1.82) is 0 Å². The SMILES string of the molecule is Cc1c(C)n(Cc2ccccc2)c2c(N3CCCC(C4CCCCC4)C3)nccc12. The lowest BCUT2D eigenvalue weighted by Gasteiger charge is -2.39. The van der Waals surface area contributed by atoms with Gasteiger partial charge in [0.2, 0.25) is 0 Å². The summed E-state index contributed by atoms with van der Waals surface area (Å²) in [5, 5.41) is 1.37. The van der Waals surface area contributed by atoms with Crippen molar-refractivity contribution in [3.63, 3.8) is 0 Å². The molecule has 1 atom stereocenters. The largest absolute Gasteiger partial charge is 0.355 e. The Hall–Kier alpha value is -2.29. The number of anilines is 1. The summed E-state index contributed by atoms with van der Waals surface area (Å²) in [7, 11) is 0. The molecule has 1 unspecified atom stereocenters. The minimum Gasteiger partial charge on any atom is -0.355 e. The Morgan fingerprint density at radius 1 is 0.900 bits per heavy atom. The number of pyridine rings is 1. The van der Waals surface area contributed by atoms with E-state index in [0.717, 1.165) is 24.9 Å². The Kier molecular flexibility index (Phi) is 5.54. The smallest absolute Gasteiger partial charge is 0.153 e. The van der Waals surface area contributed by atoms with Gasteiger partial charge >= 0.3 is 0 Å². The molecule has 1 aliphatic heterocycles. The van der Waals surface area contributed by atoms with Gasteiger partial charge in [0.25, 0.3) is 0 Å². The highest BCUT2D eigenvalue weighted by molar-refractivity contribution is 5.93. The summed E-state index contributed by atoms with van der Waals surface area (Å²) < 4.78 is 2.51. The van der Waals surface area contributed by atoms with Crippen LogP contribution in [0, 0.1) is 25.7 Å². The van der Waals surface area contributed by atoms with E-state index in [0.29, 0.717) is 0 Å². The number of fused-ring (bicyclic) bond motifs is 1. The summed E-state index contributed by atoms with van der Waals surface area (Å²) >= 11 is 0. The summed E-state index contributed by atoms with van der Waals surface area (Å²) in [5.41, 5.74) is 5.45. The molecule has 1 saturated heterocycles. The van der Waals surface area contributed by atoms with Crippen LogP contribution in [0.5, 0.6) is 0 Å². The van der Waals surface area contributed by atoms with Crippen molar-refractivity contribution < 1.29 is 0 Å². The van der Waals surface area contributed by atoms with Crippen LogP contribution in [0.25, 0.3) is 10.9 Å². The Bertz CT molecular complexity index is 998. The normalized spacial score (nSPS) is 20.7. The summed E-state index contributed by atoms with van der Waals surface area (Å²) in [4.78, 5) is 7.59. The predicted octanol–water partition coefficient (Wildman–Crippen LogP) is 6.50. The number of rotatable bonds is 4. The molecule has 1 aromatic carbocycles. The van der Waals surface area contributed by atoms with Crippen LogP contribution < -0.4 is 4.90 Å². The van der Waals surface area contributed by atoms with E-state index < -0.39 is 0 Å². The van der Waals surface area contributed by atoms with Crippen LogP contribution in [-0.4, -0.2) is 22.6 Å². The fourth-order valence-electron chi connectivity index (χ4n) is 5.96. The fourth-order valence-corrected chi connectivity index (χ4v) is 5.96. The monoisotopic (exact) mass is 401 g/mol. The van der Waals surface area contributed by atoms with Gasteiger partial charge in [0.1, 0.15) is 0 Å². The molecule has 0 radical (unpaired) electrons. The average molecular weight is 402 g/mol. The summed E-state index contributed by atoms with van der Waals surface area (Å²) in [6, 6.07) is 13.1. The lowest BCUT2D eigenvalue weighted by Crippen LogP contribution is -2.39. The molecule has 0 spiro atoms. The molecular formula is C27H35N3. The quantitative estimate of drug-likeness (QED) is 0.498. The molecule has 3 heteroatoms. The van der Waals surface area contributed by atoms with Gasteiger partial charge in [0.15, 0.2) is 5.82 Å². The summed E-state index contributed by atoms with van der Waals surface area (Å²) in [6.45, 7) is 7.78. The van der Waals surface area contributed by atoms with E-state index in [-0.39, 0.29) is 0 Å². The van der Waals surface area contributed by atoms with Gasteiger partial charge in [-0.2, -0.15) is 0 Å². The summed E-state index contributed by atoms with van der Waals surface area (Å²) in [5.74, 6) is 2.98. The first kappa shape index (κ1) is 19.7. The molecule has 0 N–H and O–H groups in total. The van der Waals surface area contributed by atoms with Crippen molar-refractivity contribution in [2.24, 2.45) is 11.8 Å². The van der Waals surface area contributed by atoms with Crippen molar-refractivity contribution in [3.8, 4) is 0 Å². The zero-order valence-corrected chi connectivity index (χ0v) is 18.6. The second kappa shape index (κ2) is 8.45. The first-order chi connectivity index (χ1) is 14.7. The number of hydrogen-bond acceptors (Lipinski definition) is 2. The third kappa shape index (κ3) is 3.64. The Labute approximate surface area is 181 Å². The van der Waals surface area contributed by atoms with E-state index in [1.165, 1.54) is 85.0 Å². The van der Waals surface area contributed by atoms with Crippen LogP contribution in [0.3, 0.4) is 0 Å². The highest BCUT2D eigenvalue weighted by atomic mass is 15.2. The Balaban J connectivity index is 1.51. The van der Waals surface area contributed by atoms with E-state index in [9.17, 15) is 0 Å². The second-order valence-electron chi connectivity index (χ2n) is 9.56. The highest BCUT2D eigenvalue weighted by Crippen LogP contribution is 2.38. The van der Waals surface area contributed by atoms with Gasteiger partial charge in [0, 0.05) is 36.9 Å². The molecule has 5 rings (SSSR count). The molecule has 0 bridgehead atoms. The molecule has 2 aliphatic rings. The van der Waals surface area contributed by atoms with Crippen LogP contribution >= 0.6 is 0 Å². The van der Waals surface area contributed by atoms with Gasteiger partial charge in [-0.25, -0.2) is 4.98 Å². The van der Waals surface area contributed by atoms with E-state index in [4.69, 9.17) is 4.98 Å². The zero-order chi connectivity index (χ0) is 20.5. The van der Waals surface area contributed by atoms with E-state index in [2.05, 4.69) is 59.7 Å². The van der Waals surface area contributed by atoms with Gasteiger partial charge in [-0.1, -0.05) is 62.4 Å². The van der Waals surface area contributed by atoms with Crippen molar-refractivity contribution >= 4 is 16.7 Å². The van der Waals surface area contributed by atoms with Gasteiger partial charge in [-0.15, -0.1) is 0 Å². The first-order valence-electron chi connectivity index (χ1n) is 12.0.